The van der Waals surface area contributed by atoms with Gasteiger partial charge in [0.05, 0.1) is 11.6 Å². The van der Waals surface area contributed by atoms with E-state index in [0.717, 1.165) is 27.2 Å². The van der Waals surface area contributed by atoms with Gasteiger partial charge in [-0.1, -0.05) is 41.6 Å². The maximum atomic E-state index is 12.9. The quantitative estimate of drug-likeness (QED) is 0.321. The second kappa shape index (κ2) is 8.41. The molecule has 2 heterocycles. The van der Waals surface area contributed by atoms with E-state index in [-0.39, 0.29) is 18.7 Å². The molecule has 1 aliphatic rings. The fraction of sp³-hybridized carbons (Fsp3) is 0.391. The van der Waals surface area contributed by atoms with Crippen LogP contribution in [0.1, 0.15) is 34.5 Å². The van der Waals surface area contributed by atoms with E-state index >= 15 is 0 Å². The molecule has 0 unspecified atom stereocenters. The first-order valence-corrected chi connectivity index (χ1v) is 14.9. The summed E-state index contributed by atoms with van der Waals surface area (Å²) >= 11 is 3.48. The van der Waals surface area contributed by atoms with Gasteiger partial charge < -0.3 is 14.1 Å². The van der Waals surface area contributed by atoms with Crippen molar-refractivity contribution in [2.45, 2.75) is 51.9 Å². The van der Waals surface area contributed by atoms with Gasteiger partial charge in [-0.15, -0.1) is 0 Å². The standard InChI is InChI=1S/C23H27BrN2O4Si/c1-15-19-12-17(24)6-7-18(19)22(27)25(15)13-16-5-8-20-21(11-16)30-23(28)26(20)14-29-9-10-31(2,3)4/h5-8,11-12,15H,9-10,13-14H2,1-4H3/t15-/m0/s1. The molecule has 31 heavy (non-hydrogen) atoms. The molecule has 0 bridgehead atoms. The van der Waals surface area contributed by atoms with Gasteiger partial charge in [0.15, 0.2) is 5.58 Å². The van der Waals surface area contributed by atoms with E-state index in [1.54, 1.807) is 0 Å². The highest BCUT2D eigenvalue weighted by molar-refractivity contribution is 9.10. The van der Waals surface area contributed by atoms with Gasteiger partial charge in [0.1, 0.15) is 6.73 Å². The van der Waals surface area contributed by atoms with Crippen molar-refractivity contribution in [2.24, 2.45) is 0 Å². The molecule has 0 saturated carbocycles. The molecule has 0 aliphatic carbocycles. The first-order valence-electron chi connectivity index (χ1n) is 10.4. The van der Waals surface area contributed by atoms with Gasteiger partial charge in [0, 0.05) is 31.3 Å². The lowest BCUT2D eigenvalue weighted by Crippen LogP contribution is -2.26. The molecule has 1 aromatic heterocycles. The Kier molecular flexibility index (Phi) is 5.98. The zero-order chi connectivity index (χ0) is 22.3. The first-order chi connectivity index (χ1) is 14.6. The number of amides is 1. The molecule has 2 aromatic carbocycles. The summed E-state index contributed by atoms with van der Waals surface area (Å²) in [5.74, 6) is -0.409. The fourth-order valence-electron chi connectivity index (χ4n) is 3.84. The lowest BCUT2D eigenvalue weighted by Gasteiger charge is -2.22. The second-order valence-electron chi connectivity index (χ2n) is 9.29. The topological polar surface area (TPSA) is 64.7 Å². The minimum atomic E-state index is -1.18. The molecule has 6 nitrogen and oxygen atoms in total. The highest BCUT2D eigenvalue weighted by atomic mass is 79.9. The number of halogens is 1. The van der Waals surface area contributed by atoms with Crippen LogP contribution in [0.3, 0.4) is 0 Å². The zero-order valence-electron chi connectivity index (χ0n) is 18.3. The Labute approximate surface area is 190 Å². The van der Waals surface area contributed by atoms with Gasteiger partial charge in [0.2, 0.25) is 0 Å². The number of carbonyl (C=O) groups excluding carboxylic acids is 1. The van der Waals surface area contributed by atoms with Crippen LogP contribution in [0.5, 0.6) is 0 Å². The number of ether oxygens (including phenoxy) is 1. The number of carbonyl (C=O) groups is 1. The van der Waals surface area contributed by atoms with Crippen molar-refractivity contribution in [3.63, 3.8) is 0 Å². The van der Waals surface area contributed by atoms with E-state index in [0.29, 0.717) is 24.3 Å². The predicted octanol–water partition coefficient (Wildman–Crippen LogP) is 5.39. The number of fused-ring (bicyclic) bond motifs is 2. The molecule has 0 N–H and O–H groups in total. The lowest BCUT2D eigenvalue weighted by atomic mass is 10.1. The molecule has 0 spiro atoms. The van der Waals surface area contributed by atoms with Crippen molar-refractivity contribution in [1.82, 2.24) is 9.47 Å². The number of hydrogen-bond acceptors (Lipinski definition) is 4. The van der Waals surface area contributed by atoms with Gasteiger partial charge >= 0.3 is 5.76 Å². The molecular weight excluding hydrogens is 476 g/mol. The molecule has 0 radical (unpaired) electrons. The smallest absolute Gasteiger partial charge is 0.408 e. The highest BCUT2D eigenvalue weighted by Gasteiger charge is 2.33. The normalized spacial score (nSPS) is 16.4. The van der Waals surface area contributed by atoms with Crippen molar-refractivity contribution in [3.8, 4) is 0 Å². The van der Waals surface area contributed by atoms with E-state index in [2.05, 4.69) is 35.6 Å². The maximum absolute atomic E-state index is 12.9. The van der Waals surface area contributed by atoms with Crippen LogP contribution in [-0.2, 0) is 18.0 Å². The summed E-state index contributed by atoms with van der Waals surface area (Å²) in [5, 5.41) is 0. The third kappa shape index (κ3) is 4.56. The van der Waals surface area contributed by atoms with Crippen molar-refractivity contribution >= 4 is 41.0 Å². The van der Waals surface area contributed by atoms with E-state index in [1.165, 1.54) is 4.57 Å². The number of benzene rings is 2. The summed E-state index contributed by atoms with van der Waals surface area (Å²) in [6.45, 7) is 10.2. The lowest BCUT2D eigenvalue weighted by molar-refractivity contribution is 0.0723. The first kappa shape index (κ1) is 22.0. The third-order valence-electron chi connectivity index (χ3n) is 5.72. The number of rotatable bonds is 7. The van der Waals surface area contributed by atoms with Crippen LogP contribution in [-0.4, -0.2) is 30.1 Å². The SMILES string of the molecule is C[C@H]1c2cc(Br)ccc2C(=O)N1Cc1ccc2c(c1)oc(=O)n2COCC[Si](C)(C)C. The Balaban J connectivity index is 1.50. The predicted molar refractivity (Wildman–Crippen MR) is 127 cm³/mol. The van der Waals surface area contributed by atoms with Crippen LogP contribution in [0.25, 0.3) is 11.1 Å². The van der Waals surface area contributed by atoms with Crippen LogP contribution in [0.2, 0.25) is 25.7 Å². The summed E-state index contributed by atoms with van der Waals surface area (Å²) in [4.78, 5) is 27.0. The van der Waals surface area contributed by atoms with Crippen LogP contribution in [0.4, 0.5) is 0 Å². The molecular formula is C23H27BrN2O4Si. The molecule has 0 fully saturated rings. The summed E-state index contributed by atoms with van der Waals surface area (Å²) in [6.07, 6.45) is 0. The highest BCUT2D eigenvalue weighted by Crippen LogP contribution is 2.36. The van der Waals surface area contributed by atoms with Crippen molar-refractivity contribution in [3.05, 3.63) is 68.1 Å². The molecule has 1 amide bonds. The average molecular weight is 503 g/mol. The Morgan fingerprint density at radius 3 is 2.65 bits per heavy atom. The average Bonchev–Trinajstić information content (AvgIpc) is 3.12. The number of nitrogens with zero attached hydrogens (tertiary/aromatic N) is 2. The van der Waals surface area contributed by atoms with Gasteiger partial charge in [-0.3, -0.25) is 4.79 Å². The van der Waals surface area contributed by atoms with Crippen LogP contribution >= 0.6 is 15.9 Å². The van der Waals surface area contributed by atoms with Crippen LogP contribution in [0.15, 0.2) is 50.1 Å². The molecule has 1 aliphatic heterocycles. The van der Waals surface area contributed by atoms with E-state index in [1.807, 2.05) is 48.2 Å². The Bertz CT molecular complexity index is 1190. The largest absolute Gasteiger partial charge is 0.421 e. The Hall–Kier alpha value is -2.16. The second-order valence-corrected chi connectivity index (χ2v) is 15.8. The van der Waals surface area contributed by atoms with Gasteiger partial charge in [-0.05, 0) is 54.4 Å². The summed E-state index contributed by atoms with van der Waals surface area (Å²) in [5.41, 5.74) is 3.89. The van der Waals surface area contributed by atoms with Gasteiger partial charge in [0.25, 0.3) is 5.91 Å². The molecule has 0 saturated heterocycles. The zero-order valence-corrected chi connectivity index (χ0v) is 20.9. The van der Waals surface area contributed by atoms with E-state index in [9.17, 15) is 9.59 Å². The molecule has 8 heteroatoms. The van der Waals surface area contributed by atoms with Crippen molar-refractivity contribution in [1.29, 1.82) is 0 Å². The van der Waals surface area contributed by atoms with Gasteiger partial charge in [-0.2, -0.15) is 0 Å². The molecule has 4 rings (SSSR count). The molecule has 164 valence electrons. The summed E-state index contributed by atoms with van der Waals surface area (Å²) in [7, 11) is -1.18. The van der Waals surface area contributed by atoms with E-state index in [4.69, 9.17) is 9.15 Å². The summed E-state index contributed by atoms with van der Waals surface area (Å²) < 4.78 is 13.7. The number of oxazole rings is 1. The van der Waals surface area contributed by atoms with Gasteiger partial charge in [-0.25, -0.2) is 9.36 Å². The third-order valence-corrected chi connectivity index (χ3v) is 7.92. The number of aromatic nitrogens is 1. The summed E-state index contributed by atoms with van der Waals surface area (Å²) in [6, 6.07) is 12.4. The van der Waals surface area contributed by atoms with Crippen molar-refractivity contribution < 1.29 is 13.9 Å². The van der Waals surface area contributed by atoms with Crippen LogP contribution in [0, 0.1) is 0 Å². The van der Waals surface area contributed by atoms with Crippen LogP contribution < -0.4 is 5.76 Å². The Morgan fingerprint density at radius 1 is 1.13 bits per heavy atom. The fourth-order valence-corrected chi connectivity index (χ4v) is 4.98. The molecule has 3 aromatic rings. The van der Waals surface area contributed by atoms with Crippen molar-refractivity contribution in [2.75, 3.05) is 6.61 Å². The molecule has 1 atom stereocenters. The minimum absolute atomic E-state index is 0.0184. The maximum Gasteiger partial charge on any atom is 0.421 e. The number of hydrogen-bond donors (Lipinski definition) is 0. The minimum Gasteiger partial charge on any atom is -0.408 e. The van der Waals surface area contributed by atoms with E-state index < -0.39 is 13.8 Å². The Morgan fingerprint density at radius 2 is 1.90 bits per heavy atom. The monoisotopic (exact) mass is 502 g/mol.